The summed E-state index contributed by atoms with van der Waals surface area (Å²) >= 11 is 1.48. The number of carboxylic acids is 1. The smallest absolute Gasteiger partial charge is 0.315 e. The Morgan fingerprint density at radius 1 is 1.31 bits per heavy atom. The number of amides is 2. The van der Waals surface area contributed by atoms with Gasteiger partial charge in [0.05, 0.1) is 18.8 Å². The van der Waals surface area contributed by atoms with Crippen molar-refractivity contribution < 1.29 is 19.4 Å². The number of thiazole rings is 1. The fourth-order valence-corrected chi connectivity index (χ4v) is 3.21. The van der Waals surface area contributed by atoms with Crippen LogP contribution in [0, 0.1) is 0 Å². The van der Waals surface area contributed by atoms with Crippen molar-refractivity contribution in [2.24, 2.45) is 0 Å². The quantitative estimate of drug-likeness (QED) is 0.591. The Labute approximate surface area is 156 Å². The second-order valence-electron chi connectivity index (χ2n) is 5.81. The van der Waals surface area contributed by atoms with Crippen LogP contribution in [0.1, 0.15) is 29.1 Å². The fraction of sp³-hybridized carbons (Fsp3) is 0.389. The summed E-state index contributed by atoms with van der Waals surface area (Å²) in [5.41, 5.74) is 1.81. The zero-order chi connectivity index (χ0) is 18.8. The third-order valence-corrected chi connectivity index (χ3v) is 4.54. The highest BCUT2D eigenvalue weighted by atomic mass is 32.1. The molecule has 3 N–H and O–H groups in total. The molecule has 140 valence electrons. The Kier molecular flexibility index (Phi) is 8.04. The number of ether oxygens (including phenoxy) is 1. The number of methoxy groups -OCH3 is 1. The molecule has 2 rings (SSSR count). The third kappa shape index (κ3) is 7.20. The Morgan fingerprint density at radius 2 is 2.08 bits per heavy atom. The first-order valence-corrected chi connectivity index (χ1v) is 9.17. The normalized spacial score (nSPS) is 11.7. The van der Waals surface area contributed by atoms with Crippen LogP contribution >= 0.6 is 11.3 Å². The third-order valence-electron chi connectivity index (χ3n) is 3.66. The molecule has 0 aliphatic carbocycles. The number of carbonyl (C=O) groups excluding carboxylic acids is 1. The first-order valence-electron chi connectivity index (χ1n) is 8.29. The van der Waals surface area contributed by atoms with Crippen LogP contribution in [-0.2, 0) is 29.1 Å². The molecule has 1 heterocycles. The number of hydrogen-bond acceptors (Lipinski definition) is 5. The van der Waals surface area contributed by atoms with Gasteiger partial charge in [-0.2, -0.15) is 0 Å². The van der Waals surface area contributed by atoms with Gasteiger partial charge in [-0.15, -0.1) is 11.3 Å². The van der Waals surface area contributed by atoms with Crippen LogP contribution in [0.15, 0.2) is 35.7 Å². The van der Waals surface area contributed by atoms with E-state index in [2.05, 4.69) is 15.6 Å². The minimum atomic E-state index is -0.876. The van der Waals surface area contributed by atoms with E-state index in [1.54, 1.807) is 7.11 Å². The van der Waals surface area contributed by atoms with Crippen molar-refractivity contribution in [2.45, 2.75) is 38.5 Å². The second kappa shape index (κ2) is 10.5. The summed E-state index contributed by atoms with van der Waals surface area (Å²) in [7, 11) is 1.61. The maximum Gasteiger partial charge on any atom is 0.315 e. The molecule has 1 atom stereocenters. The van der Waals surface area contributed by atoms with Crippen LogP contribution in [-0.4, -0.2) is 35.2 Å². The molecule has 0 saturated heterocycles. The largest absolute Gasteiger partial charge is 0.481 e. The van der Waals surface area contributed by atoms with Gasteiger partial charge < -0.3 is 20.5 Å². The molecule has 1 aromatic carbocycles. The van der Waals surface area contributed by atoms with E-state index in [9.17, 15) is 9.59 Å². The van der Waals surface area contributed by atoms with Gasteiger partial charge in [-0.25, -0.2) is 9.78 Å². The summed E-state index contributed by atoms with van der Waals surface area (Å²) in [5.74, 6) is -0.876. The highest BCUT2D eigenvalue weighted by Gasteiger charge is 2.15. The standard InChI is InChI=1S/C18H23N3O4S/c1-25-11-16-20-15(12-26-16)10-19-18(24)21-14(7-8-17(22)23)9-13-5-3-2-4-6-13/h2-6,12,14H,7-11H2,1H3,(H,22,23)(H2,19,21,24). The van der Waals surface area contributed by atoms with Crippen LogP contribution in [0.5, 0.6) is 0 Å². The van der Waals surface area contributed by atoms with Gasteiger partial charge in [0.25, 0.3) is 0 Å². The lowest BCUT2D eigenvalue weighted by molar-refractivity contribution is -0.137. The number of rotatable bonds is 10. The number of aromatic nitrogens is 1. The van der Waals surface area contributed by atoms with Crippen molar-refractivity contribution in [1.29, 1.82) is 0 Å². The van der Waals surface area contributed by atoms with Crippen molar-refractivity contribution >= 4 is 23.3 Å². The number of nitrogens with one attached hydrogen (secondary N) is 2. The zero-order valence-electron chi connectivity index (χ0n) is 14.6. The van der Waals surface area contributed by atoms with Gasteiger partial charge >= 0.3 is 12.0 Å². The monoisotopic (exact) mass is 377 g/mol. The van der Waals surface area contributed by atoms with Crippen LogP contribution in [0.25, 0.3) is 0 Å². The van der Waals surface area contributed by atoms with Gasteiger partial charge in [-0.1, -0.05) is 30.3 Å². The predicted octanol–water partition coefficient (Wildman–Crippen LogP) is 2.56. The molecule has 0 aliphatic rings. The highest BCUT2D eigenvalue weighted by Crippen LogP contribution is 2.11. The van der Waals surface area contributed by atoms with Gasteiger partial charge in [0.15, 0.2) is 0 Å². The van der Waals surface area contributed by atoms with Gasteiger partial charge in [0.2, 0.25) is 0 Å². The molecule has 8 heteroatoms. The zero-order valence-corrected chi connectivity index (χ0v) is 15.4. The number of carbonyl (C=O) groups is 2. The van der Waals surface area contributed by atoms with Crippen molar-refractivity contribution in [3.8, 4) is 0 Å². The number of carboxylic acid groups (broad SMARTS) is 1. The van der Waals surface area contributed by atoms with E-state index in [1.165, 1.54) is 11.3 Å². The van der Waals surface area contributed by atoms with E-state index in [-0.39, 0.29) is 18.5 Å². The molecule has 7 nitrogen and oxygen atoms in total. The first kappa shape index (κ1) is 19.9. The van der Waals surface area contributed by atoms with E-state index in [0.29, 0.717) is 26.0 Å². The minimum Gasteiger partial charge on any atom is -0.481 e. The summed E-state index contributed by atoms with van der Waals surface area (Å²) < 4.78 is 5.02. The van der Waals surface area contributed by atoms with Gasteiger partial charge in [-0.05, 0) is 18.4 Å². The van der Waals surface area contributed by atoms with E-state index in [1.807, 2.05) is 35.7 Å². The molecular weight excluding hydrogens is 354 g/mol. The van der Waals surface area contributed by atoms with E-state index in [0.717, 1.165) is 16.3 Å². The molecule has 0 aliphatic heterocycles. The summed E-state index contributed by atoms with van der Waals surface area (Å²) in [6.07, 6.45) is 0.951. The molecule has 0 saturated carbocycles. The maximum absolute atomic E-state index is 12.2. The lowest BCUT2D eigenvalue weighted by atomic mass is 10.0. The van der Waals surface area contributed by atoms with Gasteiger partial charge in [0, 0.05) is 25.0 Å². The molecule has 0 radical (unpaired) electrons. The van der Waals surface area contributed by atoms with Crippen molar-refractivity contribution in [1.82, 2.24) is 15.6 Å². The molecule has 1 unspecified atom stereocenters. The topological polar surface area (TPSA) is 101 Å². The van der Waals surface area contributed by atoms with Crippen molar-refractivity contribution in [2.75, 3.05) is 7.11 Å². The highest BCUT2D eigenvalue weighted by molar-refractivity contribution is 7.09. The second-order valence-corrected chi connectivity index (χ2v) is 6.75. The summed E-state index contributed by atoms with van der Waals surface area (Å²) in [6, 6.07) is 9.08. The van der Waals surface area contributed by atoms with Crippen LogP contribution in [0.3, 0.4) is 0 Å². The molecule has 1 aromatic heterocycles. The molecular formula is C18H23N3O4S. The lowest BCUT2D eigenvalue weighted by Crippen LogP contribution is -2.43. The van der Waals surface area contributed by atoms with Gasteiger partial charge in [-0.3, -0.25) is 4.79 Å². The Morgan fingerprint density at radius 3 is 2.77 bits per heavy atom. The Bertz CT molecular complexity index is 705. The first-order chi connectivity index (χ1) is 12.6. The number of benzene rings is 1. The van der Waals surface area contributed by atoms with E-state index >= 15 is 0 Å². The molecule has 0 fully saturated rings. The Balaban J connectivity index is 1.86. The number of aliphatic carboxylic acids is 1. The van der Waals surface area contributed by atoms with Crippen LogP contribution in [0.2, 0.25) is 0 Å². The number of urea groups is 1. The van der Waals surface area contributed by atoms with E-state index < -0.39 is 5.97 Å². The maximum atomic E-state index is 12.2. The van der Waals surface area contributed by atoms with E-state index in [4.69, 9.17) is 9.84 Å². The molecule has 2 aromatic rings. The molecule has 2 amide bonds. The summed E-state index contributed by atoms with van der Waals surface area (Å²) in [4.78, 5) is 27.4. The predicted molar refractivity (Wildman–Crippen MR) is 99.0 cm³/mol. The van der Waals surface area contributed by atoms with Gasteiger partial charge in [0.1, 0.15) is 5.01 Å². The van der Waals surface area contributed by atoms with Crippen LogP contribution < -0.4 is 10.6 Å². The van der Waals surface area contributed by atoms with Crippen molar-refractivity contribution in [3.05, 3.63) is 52.0 Å². The molecule has 0 bridgehead atoms. The molecule has 26 heavy (non-hydrogen) atoms. The SMILES string of the molecule is COCc1nc(CNC(=O)NC(CCC(=O)O)Cc2ccccc2)cs1. The Hall–Kier alpha value is -2.45. The number of hydrogen-bond donors (Lipinski definition) is 3. The average Bonchev–Trinajstić information content (AvgIpc) is 3.07. The lowest BCUT2D eigenvalue weighted by Gasteiger charge is -2.18. The summed E-state index contributed by atoms with van der Waals surface area (Å²) in [6.45, 7) is 0.758. The number of nitrogens with zero attached hydrogens (tertiary/aromatic N) is 1. The minimum absolute atomic E-state index is 0.00421. The van der Waals surface area contributed by atoms with Crippen LogP contribution in [0.4, 0.5) is 4.79 Å². The van der Waals surface area contributed by atoms with Crippen molar-refractivity contribution in [3.63, 3.8) is 0 Å². The average molecular weight is 377 g/mol. The fourth-order valence-electron chi connectivity index (χ4n) is 2.45. The molecule has 0 spiro atoms. The summed E-state index contributed by atoms with van der Waals surface area (Å²) in [5, 5.41) is 17.3.